The van der Waals surface area contributed by atoms with Crippen LogP contribution in [0, 0.1) is 0 Å². The summed E-state index contributed by atoms with van der Waals surface area (Å²) in [5.41, 5.74) is 7.81. The SMILES string of the molecule is CN(C)c1ccc(CCCCN)cc1Cl. The van der Waals surface area contributed by atoms with Gasteiger partial charge in [-0.05, 0) is 43.5 Å². The number of hydrogen-bond donors (Lipinski definition) is 1. The van der Waals surface area contributed by atoms with Gasteiger partial charge in [0.15, 0.2) is 0 Å². The van der Waals surface area contributed by atoms with Crippen LogP contribution in [0.15, 0.2) is 18.2 Å². The molecule has 0 atom stereocenters. The second-order valence-corrected chi connectivity index (χ2v) is 4.33. The number of unbranched alkanes of at least 4 members (excludes halogenated alkanes) is 1. The van der Waals surface area contributed by atoms with Crippen molar-refractivity contribution in [2.75, 3.05) is 25.5 Å². The minimum absolute atomic E-state index is 0.767. The Hall–Kier alpha value is -0.730. The Labute approximate surface area is 97.0 Å². The van der Waals surface area contributed by atoms with E-state index in [-0.39, 0.29) is 0 Å². The molecule has 3 heteroatoms. The van der Waals surface area contributed by atoms with E-state index in [0.29, 0.717) is 0 Å². The van der Waals surface area contributed by atoms with E-state index in [0.717, 1.165) is 36.5 Å². The molecule has 0 aliphatic carbocycles. The zero-order valence-corrected chi connectivity index (χ0v) is 10.2. The van der Waals surface area contributed by atoms with Crippen LogP contribution in [0.1, 0.15) is 18.4 Å². The average Bonchev–Trinajstić information content (AvgIpc) is 2.17. The summed E-state index contributed by atoms with van der Waals surface area (Å²) in [7, 11) is 3.99. The highest BCUT2D eigenvalue weighted by atomic mass is 35.5. The maximum atomic E-state index is 6.17. The van der Waals surface area contributed by atoms with E-state index in [9.17, 15) is 0 Å². The zero-order chi connectivity index (χ0) is 11.3. The molecule has 84 valence electrons. The Morgan fingerprint density at radius 2 is 2.00 bits per heavy atom. The molecule has 2 nitrogen and oxygen atoms in total. The summed E-state index contributed by atoms with van der Waals surface area (Å²) in [4.78, 5) is 2.02. The number of nitrogens with two attached hydrogens (primary N) is 1. The molecule has 1 aromatic carbocycles. The van der Waals surface area contributed by atoms with Crippen LogP contribution in [0.25, 0.3) is 0 Å². The molecule has 0 saturated carbocycles. The summed E-state index contributed by atoms with van der Waals surface area (Å²) >= 11 is 6.17. The van der Waals surface area contributed by atoms with Gasteiger partial charge >= 0.3 is 0 Å². The average molecular weight is 227 g/mol. The molecule has 1 aromatic rings. The minimum atomic E-state index is 0.767. The zero-order valence-electron chi connectivity index (χ0n) is 9.46. The van der Waals surface area contributed by atoms with Crippen molar-refractivity contribution in [2.24, 2.45) is 5.73 Å². The molecule has 0 amide bonds. The standard InChI is InChI=1S/C12H19ClN2/c1-15(2)12-7-6-10(9-11(12)13)5-3-4-8-14/h6-7,9H,3-5,8,14H2,1-2H3. The highest BCUT2D eigenvalue weighted by Crippen LogP contribution is 2.25. The quantitative estimate of drug-likeness (QED) is 0.783. The molecular weight excluding hydrogens is 208 g/mol. The van der Waals surface area contributed by atoms with Crippen molar-refractivity contribution in [3.05, 3.63) is 28.8 Å². The third kappa shape index (κ3) is 3.73. The van der Waals surface area contributed by atoms with Crippen LogP contribution in [0.3, 0.4) is 0 Å². The van der Waals surface area contributed by atoms with Crippen molar-refractivity contribution >= 4 is 17.3 Å². The number of halogens is 1. The molecule has 0 spiro atoms. The second kappa shape index (κ2) is 5.99. The molecule has 0 aliphatic heterocycles. The van der Waals surface area contributed by atoms with Crippen LogP contribution in [0.2, 0.25) is 5.02 Å². The third-order valence-corrected chi connectivity index (χ3v) is 2.72. The maximum Gasteiger partial charge on any atom is 0.0642 e. The van der Waals surface area contributed by atoms with Crippen molar-refractivity contribution in [3.63, 3.8) is 0 Å². The Balaban J connectivity index is 2.65. The van der Waals surface area contributed by atoms with Crippen LogP contribution in [-0.4, -0.2) is 20.6 Å². The molecule has 2 N–H and O–H groups in total. The summed E-state index contributed by atoms with van der Waals surface area (Å²) in [6, 6.07) is 6.26. The fraction of sp³-hybridized carbons (Fsp3) is 0.500. The molecule has 0 bridgehead atoms. The first-order valence-corrected chi connectivity index (χ1v) is 5.68. The monoisotopic (exact) mass is 226 g/mol. The van der Waals surface area contributed by atoms with Crippen LogP contribution in [0.4, 0.5) is 5.69 Å². The topological polar surface area (TPSA) is 29.3 Å². The molecule has 0 saturated heterocycles. The van der Waals surface area contributed by atoms with Gasteiger partial charge in [-0.1, -0.05) is 17.7 Å². The van der Waals surface area contributed by atoms with Gasteiger partial charge in [-0.2, -0.15) is 0 Å². The van der Waals surface area contributed by atoms with Crippen molar-refractivity contribution in [2.45, 2.75) is 19.3 Å². The van der Waals surface area contributed by atoms with Gasteiger partial charge in [-0.25, -0.2) is 0 Å². The summed E-state index contributed by atoms with van der Waals surface area (Å²) in [6.45, 7) is 0.767. The molecule has 0 unspecified atom stereocenters. The summed E-state index contributed by atoms with van der Waals surface area (Å²) < 4.78 is 0. The number of anilines is 1. The fourth-order valence-electron chi connectivity index (χ4n) is 1.54. The predicted molar refractivity (Wildman–Crippen MR) is 67.8 cm³/mol. The summed E-state index contributed by atoms with van der Waals surface area (Å²) in [5, 5.41) is 0.824. The van der Waals surface area contributed by atoms with E-state index in [1.54, 1.807) is 0 Å². The molecule has 0 radical (unpaired) electrons. The van der Waals surface area contributed by atoms with Gasteiger partial charge in [0.25, 0.3) is 0 Å². The van der Waals surface area contributed by atoms with E-state index in [4.69, 9.17) is 17.3 Å². The molecule has 0 heterocycles. The van der Waals surface area contributed by atoms with Gasteiger partial charge < -0.3 is 10.6 Å². The predicted octanol–water partition coefficient (Wildman–Crippen LogP) is 2.69. The Bertz CT molecular complexity index is 310. The van der Waals surface area contributed by atoms with E-state index < -0.39 is 0 Å². The van der Waals surface area contributed by atoms with Crippen LogP contribution in [-0.2, 0) is 6.42 Å². The lowest BCUT2D eigenvalue weighted by atomic mass is 10.1. The van der Waals surface area contributed by atoms with Crippen LogP contribution < -0.4 is 10.6 Å². The normalized spacial score (nSPS) is 10.4. The van der Waals surface area contributed by atoms with Crippen molar-refractivity contribution in [3.8, 4) is 0 Å². The number of hydrogen-bond acceptors (Lipinski definition) is 2. The van der Waals surface area contributed by atoms with E-state index >= 15 is 0 Å². The van der Waals surface area contributed by atoms with E-state index in [1.165, 1.54) is 5.56 Å². The smallest absolute Gasteiger partial charge is 0.0642 e. The Kier molecular flexibility index (Phi) is 4.92. The maximum absolute atomic E-state index is 6.17. The molecule has 0 aromatic heterocycles. The first-order chi connectivity index (χ1) is 7.15. The van der Waals surface area contributed by atoms with E-state index in [2.05, 4.69) is 12.1 Å². The molecular formula is C12H19ClN2. The summed E-state index contributed by atoms with van der Waals surface area (Å²) in [6.07, 6.45) is 3.27. The van der Waals surface area contributed by atoms with E-state index in [1.807, 2.05) is 25.1 Å². The first kappa shape index (κ1) is 12.3. The highest BCUT2D eigenvalue weighted by Gasteiger charge is 2.03. The van der Waals surface area contributed by atoms with Gasteiger partial charge in [-0.15, -0.1) is 0 Å². The number of rotatable bonds is 5. The van der Waals surface area contributed by atoms with Crippen molar-refractivity contribution < 1.29 is 0 Å². The van der Waals surface area contributed by atoms with Gasteiger partial charge in [0.1, 0.15) is 0 Å². The van der Waals surface area contributed by atoms with Crippen LogP contribution in [0.5, 0.6) is 0 Å². The van der Waals surface area contributed by atoms with Gasteiger partial charge in [0.2, 0.25) is 0 Å². The Morgan fingerprint density at radius 1 is 1.27 bits per heavy atom. The Morgan fingerprint density at radius 3 is 2.53 bits per heavy atom. The lowest BCUT2D eigenvalue weighted by Gasteiger charge is -2.15. The third-order valence-electron chi connectivity index (χ3n) is 2.41. The largest absolute Gasteiger partial charge is 0.376 e. The molecule has 0 aliphatic rings. The van der Waals surface area contributed by atoms with Crippen molar-refractivity contribution in [1.82, 2.24) is 0 Å². The highest BCUT2D eigenvalue weighted by molar-refractivity contribution is 6.33. The lowest BCUT2D eigenvalue weighted by molar-refractivity contribution is 0.745. The molecule has 0 fully saturated rings. The molecule has 1 rings (SSSR count). The second-order valence-electron chi connectivity index (χ2n) is 3.93. The van der Waals surface area contributed by atoms with Gasteiger partial charge in [-0.3, -0.25) is 0 Å². The molecule has 15 heavy (non-hydrogen) atoms. The number of nitrogens with zero attached hydrogens (tertiary/aromatic N) is 1. The fourth-order valence-corrected chi connectivity index (χ4v) is 1.91. The van der Waals surface area contributed by atoms with Crippen LogP contribution >= 0.6 is 11.6 Å². The lowest BCUT2D eigenvalue weighted by Crippen LogP contribution is -2.09. The van der Waals surface area contributed by atoms with Gasteiger partial charge in [0, 0.05) is 14.1 Å². The van der Waals surface area contributed by atoms with Crippen molar-refractivity contribution in [1.29, 1.82) is 0 Å². The van der Waals surface area contributed by atoms with Gasteiger partial charge in [0.05, 0.1) is 10.7 Å². The summed E-state index contributed by atoms with van der Waals surface area (Å²) in [5.74, 6) is 0. The first-order valence-electron chi connectivity index (χ1n) is 5.31. The number of aryl methyl sites for hydroxylation is 1. The number of benzene rings is 1. The minimum Gasteiger partial charge on any atom is -0.376 e.